The molecule has 5 nitrogen and oxygen atoms in total. The van der Waals surface area contributed by atoms with Crippen LogP contribution < -0.4 is 10.1 Å². The average molecular weight is 368 g/mol. The summed E-state index contributed by atoms with van der Waals surface area (Å²) < 4.78 is 5.74. The number of aliphatic hydroxyl groups excluding tert-OH is 1. The number of piperidine rings is 1. The molecular formula is C22H28N2O3. The summed E-state index contributed by atoms with van der Waals surface area (Å²) in [5.74, 6) is 0.801. The largest absolute Gasteiger partial charge is 0.491 e. The normalized spacial score (nSPS) is 18.7. The van der Waals surface area contributed by atoms with Gasteiger partial charge in [-0.2, -0.15) is 0 Å². The lowest BCUT2D eigenvalue weighted by Crippen LogP contribution is -2.44. The minimum absolute atomic E-state index is 0.0524. The first kappa shape index (κ1) is 19.4. The maximum atomic E-state index is 12.5. The van der Waals surface area contributed by atoms with E-state index in [4.69, 9.17) is 4.74 Å². The fourth-order valence-corrected chi connectivity index (χ4v) is 3.46. The number of carbonyl (C=O) groups excluding carboxylic acids is 1. The maximum Gasteiger partial charge on any atom is 0.228 e. The van der Waals surface area contributed by atoms with E-state index in [2.05, 4.69) is 10.2 Å². The van der Waals surface area contributed by atoms with Crippen LogP contribution in [-0.2, 0) is 4.79 Å². The van der Waals surface area contributed by atoms with Crippen molar-refractivity contribution in [3.63, 3.8) is 0 Å². The number of amides is 1. The van der Waals surface area contributed by atoms with Crippen molar-refractivity contribution in [1.82, 2.24) is 4.90 Å². The Morgan fingerprint density at radius 3 is 2.74 bits per heavy atom. The summed E-state index contributed by atoms with van der Waals surface area (Å²) in [6.07, 6.45) is 1.25. The van der Waals surface area contributed by atoms with Gasteiger partial charge in [-0.1, -0.05) is 36.4 Å². The summed E-state index contributed by atoms with van der Waals surface area (Å²) in [4.78, 5) is 14.7. The van der Waals surface area contributed by atoms with Crippen LogP contribution in [0.25, 0.3) is 0 Å². The van der Waals surface area contributed by atoms with E-state index < -0.39 is 6.10 Å². The lowest BCUT2D eigenvalue weighted by Gasteiger charge is -2.33. The Labute approximate surface area is 161 Å². The monoisotopic (exact) mass is 368 g/mol. The fourth-order valence-electron chi connectivity index (χ4n) is 3.46. The minimum atomic E-state index is -0.583. The third-order valence-corrected chi connectivity index (χ3v) is 4.91. The predicted molar refractivity (Wildman–Crippen MR) is 107 cm³/mol. The van der Waals surface area contributed by atoms with E-state index >= 15 is 0 Å². The highest BCUT2D eigenvalue weighted by molar-refractivity contribution is 5.92. The third kappa shape index (κ3) is 5.81. The van der Waals surface area contributed by atoms with Gasteiger partial charge in [0.05, 0.1) is 5.92 Å². The van der Waals surface area contributed by atoms with E-state index in [1.54, 1.807) is 0 Å². The molecule has 27 heavy (non-hydrogen) atoms. The molecule has 1 saturated heterocycles. The van der Waals surface area contributed by atoms with Crippen molar-refractivity contribution in [2.24, 2.45) is 5.92 Å². The molecule has 0 aromatic heterocycles. The molecule has 0 aliphatic carbocycles. The number of nitrogens with one attached hydrogen (secondary N) is 1. The number of aliphatic hydroxyl groups is 1. The molecule has 2 N–H and O–H groups in total. The number of benzene rings is 2. The van der Waals surface area contributed by atoms with Crippen molar-refractivity contribution in [3.05, 3.63) is 60.2 Å². The third-order valence-electron chi connectivity index (χ3n) is 4.91. The summed E-state index contributed by atoms with van der Waals surface area (Å²) >= 11 is 0. The van der Waals surface area contributed by atoms with Gasteiger partial charge in [-0.15, -0.1) is 0 Å². The molecule has 144 valence electrons. The number of anilines is 1. The van der Waals surface area contributed by atoms with Crippen LogP contribution in [0.15, 0.2) is 54.6 Å². The maximum absolute atomic E-state index is 12.5. The first-order chi connectivity index (χ1) is 13.1. The van der Waals surface area contributed by atoms with Crippen molar-refractivity contribution < 1.29 is 14.6 Å². The van der Waals surface area contributed by atoms with Gasteiger partial charge in [0.25, 0.3) is 0 Å². The molecule has 2 aromatic carbocycles. The molecular weight excluding hydrogens is 340 g/mol. The van der Waals surface area contributed by atoms with E-state index in [1.165, 1.54) is 0 Å². The predicted octanol–water partition coefficient (Wildman–Crippen LogP) is 3.09. The molecule has 5 heteroatoms. The summed E-state index contributed by atoms with van der Waals surface area (Å²) in [6, 6.07) is 17.3. The molecule has 0 radical (unpaired) electrons. The van der Waals surface area contributed by atoms with Crippen LogP contribution in [0.2, 0.25) is 0 Å². The van der Waals surface area contributed by atoms with Gasteiger partial charge in [0.2, 0.25) is 5.91 Å². The molecule has 0 saturated carbocycles. The SMILES string of the molecule is Cc1ccccc1OC[C@@H](O)CN1CCC[C@H](C(=O)Nc2ccccc2)C1. The number of β-amino-alcohol motifs (C(OH)–C–C–N with tert-alkyl or cyclic N) is 1. The highest BCUT2D eigenvalue weighted by Gasteiger charge is 2.27. The molecule has 0 spiro atoms. The second kappa shape index (κ2) is 9.53. The summed E-state index contributed by atoms with van der Waals surface area (Å²) in [5.41, 5.74) is 1.88. The van der Waals surface area contributed by atoms with Crippen LogP contribution in [0.1, 0.15) is 18.4 Å². The van der Waals surface area contributed by atoms with Gasteiger partial charge in [-0.3, -0.25) is 9.69 Å². The van der Waals surface area contributed by atoms with E-state index in [9.17, 15) is 9.90 Å². The minimum Gasteiger partial charge on any atom is -0.491 e. The van der Waals surface area contributed by atoms with Crippen molar-refractivity contribution in [1.29, 1.82) is 0 Å². The van der Waals surface area contributed by atoms with Crippen molar-refractivity contribution in [3.8, 4) is 5.75 Å². The Bertz CT molecular complexity index is 735. The number of hydrogen-bond donors (Lipinski definition) is 2. The number of ether oxygens (including phenoxy) is 1. The zero-order valence-electron chi connectivity index (χ0n) is 15.8. The smallest absolute Gasteiger partial charge is 0.228 e. The molecule has 1 heterocycles. The van der Waals surface area contributed by atoms with Crippen molar-refractivity contribution in [2.75, 3.05) is 31.6 Å². The Hall–Kier alpha value is -2.37. The number of para-hydroxylation sites is 2. The molecule has 0 unspecified atom stereocenters. The summed E-state index contributed by atoms with van der Waals surface area (Å²) in [7, 11) is 0. The van der Waals surface area contributed by atoms with Crippen molar-refractivity contribution >= 4 is 11.6 Å². The standard InChI is InChI=1S/C22H28N2O3/c1-17-8-5-6-12-21(17)27-16-20(25)15-24-13-7-9-18(14-24)22(26)23-19-10-3-2-4-11-19/h2-6,8,10-12,18,20,25H,7,9,13-16H2,1H3,(H,23,26)/t18-,20-/m0/s1. The van der Waals surface area contributed by atoms with E-state index in [0.717, 1.165) is 36.4 Å². The second-order valence-electron chi connectivity index (χ2n) is 7.18. The molecule has 0 bridgehead atoms. The molecule has 2 atom stereocenters. The molecule has 1 aliphatic heterocycles. The second-order valence-corrected chi connectivity index (χ2v) is 7.18. The highest BCUT2D eigenvalue weighted by atomic mass is 16.5. The van der Waals surface area contributed by atoms with Crippen LogP contribution in [0, 0.1) is 12.8 Å². The summed E-state index contributed by atoms with van der Waals surface area (Å²) in [6.45, 7) is 4.32. The number of aryl methyl sites for hydroxylation is 1. The number of likely N-dealkylation sites (tertiary alicyclic amines) is 1. The van der Waals surface area contributed by atoms with Crippen LogP contribution >= 0.6 is 0 Å². The Balaban J connectivity index is 1.46. The van der Waals surface area contributed by atoms with Gasteiger partial charge in [0, 0.05) is 18.8 Å². The molecule has 2 aromatic rings. The lowest BCUT2D eigenvalue weighted by molar-refractivity contribution is -0.121. The van der Waals surface area contributed by atoms with E-state index in [0.29, 0.717) is 13.1 Å². The Morgan fingerprint density at radius 2 is 1.96 bits per heavy atom. The van der Waals surface area contributed by atoms with Gasteiger partial charge >= 0.3 is 0 Å². The van der Waals surface area contributed by atoms with Crippen LogP contribution in [0.5, 0.6) is 5.75 Å². The fraction of sp³-hybridized carbons (Fsp3) is 0.409. The van der Waals surface area contributed by atoms with Crippen LogP contribution in [-0.4, -0.2) is 48.3 Å². The quantitative estimate of drug-likeness (QED) is 0.788. The van der Waals surface area contributed by atoms with E-state index in [-0.39, 0.29) is 18.4 Å². The van der Waals surface area contributed by atoms with E-state index in [1.807, 2.05) is 61.5 Å². The molecule has 3 rings (SSSR count). The van der Waals surface area contributed by atoms with Gasteiger partial charge < -0.3 is 15.2 Å². The zero-order valence-corrected chi connectivity index (χ0v) is 15.8. The average Bonchev–Trinajstić information content (AvgIpc) is 2.68. The van der Waals surface area contributed by atoms with Gasteiger partial charge in [0.1, 0.15) is 18.5 Å². The van der Waals surface area contributed by atoms with Crippen molar-refractivity contribution in [2.45, 2.75) is 25.9 Å². The number of hydrogen-bond acceptors (Lipinski definition) is 4. The number of nitrogens with zero attached hydrogens (tertiary/aromatic N) is 1. The van der Waals surface area contributed by atoms with Gasteiger partial charge in [0.15, 0.2) is 0 Å². The molecule has 1 aliphatic rings. The topological polar surface area (TPSA) is 61.8 Å². The number of carbonyl (C=O) groups is 1. The molecule has 1 amide bonds. The summed E-state index contributed by atoms with van der Waals surface area (Å²) in [5, 5.41) is 13.3. The Morgan fingerprint density at radius 1 is 1.22 bits per heavy atom. The van der Waals surface area contributed by atoms with Gasteiger partial charge in [-0.05, 0) is 50.1 Å². The Kier molecular flexibility index (Phi) is 6.85. The number of rotatable bonds is 7. The highest BCUT2D eigenvalue weighted by Crippen LogP contribution is 2.20. The molecule has 1 fully saturated rings. The first-order valence-corrected chi connectivity index (χ1v) is 9.56. The zero-order chi connectivity index (χ0) is 19.1. The lowest BCUT2D eigenvalue weighted by atomic mass is 9.96. The van der Waals surface area contributed by atoms with Gasteiger partial charge in [-0.25, -0.2) is 0 Å². The first-order valence-electron chi connectivity index (χ1n) is 9.56. The van der Waals surface area contributed by atoms with Crippen LogP contribution in [0.4, 0.5) is 5.69 Å². The van der Waals surface area contributed by atoms with Crippen LogP contribution in [0.3, 0.4) is 0 Å².